The van der Waals surface area contributed by atoms with Gasteiger partial charge in [0.15, 0.2) is 6.23 Å². The van der Waals surface area contributed by atoms with E-state index in [1.807, 2.05) is 6.07 Å². The summed E-state index contributed by atoms with van der Waals surface area (Å²) in [5, 5.41) is 6.21. The van der Waals surface area contributed by atoms with Gasteiger partial charge in [-0.2, -0.15) is 0 Å². The van der Waals surface area contributed by atoms with E-state index in [4.69, 9.17) is 16.3 Å². The summed E-state index contributed by atoms with van der Waals surface area (Å²) in [7, 11) is 0. The molecule has 0 saturated heterocycles. The van der Waals surface area contributed by atoms with Gasteiger partial charge in [-0.25, -0.2) is 4.79 Å². The highest BCUT2D eigenvalue weighted by molar-refractivity contribution is 6.30. The van der Waals surface area contributed by atoms with Crippen molar-refractivity contribution >= 4 is 17.6 Å². The lowest BCUT2D eigenvalue weighted by atomic mass is 10.1. The summed E-state index contributed by atoms with van der Waals surface area (Å²) in [5.41, 5.74) is 2.42. The first-order valence-corrected chi connectivity index (χ1v) is 7.93. The molecule has 2 aromatic carbocycles. The highest BCUT2D eigenvalue weighted by Gasteiger charge is 2.08. The fraction of sp³-hybridized carbons (Fsp3) is 0.278. The van der Waals surface area contributed by atoms with Crippen molar-refractivity contribution in [1.29, 1.82) is 0 Å². The molecule has 0 heterocycles. The fourth-order valence-electron chi connectivity index (χ4n) is 2.17. The van der Waals surface area contributed by atoms with Crippen molar-refractivity contribution in [2.75, 3.05) is 6.54 Å². The van der Waals surface area contributed by atoms with E-state index in [1.165, 1.54) is 11.1 Å². The number of ether oxygens (including phenoxy) is 1. The van der Waals surface area contributed by atoms with Crippen LogP contribution in [0.15, 0.2) is 48.5 Å². The Morgan fingerprint density at radius 1 is 1.22 bits per heavy atom. The standard InChI is InChI=1S/C18H21ClN2O2/c1-13-4-3-5-15(12-13)10-11-20-18(22)21-14(2)23-17-8-6-16(19)7-9-17/h3-9,12,14H,10-11H2,1-2H3,(H2,20,21,22). The van der Waals surface area contributed by atoms with Crippen LogP contribution >= 0.6 is 11.6 Å². The van der Waals surface area contributed by atoms with Gasteiger partial charge in [-0.3, -0.25) is 0 Å². The van der Waals surface area contributed by atoms with Crippen LogP contribution in [0, 0.1) is 6.92 Å². The predicted molar refractivity (Wildman–Crippen MR) is 93.0 cm³/mol. The number of amides is 2. The lowest BCUT2D eigenvalue weighted by molar-refractivity contribution is 0.177. The third-order valence-electron chi connectivity index (χ3n) is 3.24. The van der Waals surface area contributed by atoms with Gasteiger partial charge < -0.3 is 15.4 Å². The largest absolute Gasteiger partial charge is 0.471 e. The van der Waals surface area contributed by atoms with Crippen molar-refractivity contribution in [2.24, 2.45) is 0 Å². The van der Waals surface area contributed by atoms with Gasteiger partial charge in [0.1, 0.15) is 5.75 Å². The number of rotatable bonds is 6. The second kappa shape index (κ2) is 8.44. The highest BCUT2D eigenvalue weighted by Crippen LogP contribution is 2.16. The summed E-state index contributed by atoms with van der Waals surface area (Å²) in [5.74, 6) is 0.655. The Kier molecular flexibility index (Phi) is 6.29. The number of halogens is 1. The van der Waals surface area contributed by atoms with E-state index in [0.717, 1.165) is 6.42 Å². The van der Waals surface area contributed by atoms with Crippen molar-refractivity contribution in [2.45, 2.75) is 26.5 Å². The molecule has 0 aliphatic heterocycles. The molecule has 1 atom stereocenters. The molecule has 2 aromatic rings. The molecule has 0 aliphatic rings. The molecule has 0 aromatic heterocycles. The van der Waals surface area contributed by atoms with Gasteiger partial charge in [0.05, 0.1) is 0 Å². The number of urea groups is 1. The van der Waals surface area contributed by atoms with Gasteiger partial charge >= 0.3 is 6.03 Å². The van der Waals surface area contributed by atoms with Crippen LogP contribution in [0.5, 0.6) is 5.75 Å². The van der Waals surface area contributed by atoms with Crippen LogP contribution in [0.1, 0.15) is 18.1 Å². The third kappa shape index (κ3) is 6.20. The molecule has 0 aliphatic carbocycles. The van der Waals surface area contributed by atoms with Crippen molar-refractivity contribution < 1.29 is 9.53 Å². The highest BCUT2D eigenvalue weighted by atomic mass is 35.5. The maximum Gasteiger partial charge on any atom is 0.317 e. The van der Waals surface area contributed by atoms with E-state index >= 15 is 0 Å². The quantitative estimate of drug-likeness (QED) is 0.788. The first kappa shape index (κ1) is 17.2. The Labute approximate surface area is 141 Å². The van der Waals surface area contributed by atoms with Crippen LogP contribution in [0.3, 0.4) is 0 Å². The molecule has 5 heteroatoms. The molecule has 2 amide bonds. The maximum atomic E-state index is 11.8. The van der Waals surface area contributed by atoms with Gasteiger partial charge in [-0.1, -0.05) is 41.4 Å². The molecule has 2 N–H and O–H groups in total. The topological polar surface area (TPSA) is 50.4 Å². The second-order valence-corrected chi connectivity index (χ2v) is 5.79. The average molecular weight is 333 g/mol. The van der Waals surface area contributed by atoms with Crippen LogP contribution in [0.4, 0.5) is 4.79 Å². The molecular weight excluding hydrogens is 312 g/mol. The lowest BCUT2D eigenvalue weighted by Gasteiger charge is -2.16. The Morgan fingerprint density at radius 3 is 2.65 bits per heavy atom. The zero-order valence-electron chi connectivity index (χ0n) is 13.3. The molecule has 2 rings (SSSR count). The molecule has 0 spiro atoms. The number of aryl methyl sites for hydroxylation is 1. The average Bonchev–Trinajstić information content (AvgIpc) is 2.49. The van der Waals surface area contributed by atoms with E-state index in [2.05, 4.69) is 35.8 Å². The zero-order chi connectivity index (χ0) is 16.7. The molecule has 122 valence electrons. The van der Waals surface area contributed by atoms with E-state index < -0.39 is 6.23 Å². The van der Waals surface area contributed by atoms with Crippen LogP contribution < -0.4 is 15.4 Å². The minimum Gasteiger partial charge on any atom is -0.471 e. The number of nitrogens with one attached hydrogen (secondary N) is 2. The van der Waals surface area contributed by atoms with Gasteiger partial charge in [0, 0.05) is 11.6 Å². The number of hydrogen-bond donors (Lipinski definition) is 2. The van der Waals surface area contributed by atoms with Crippen molar-refractivity contribution in [3.63, 3.8) is 0 Å². The van der Waals surface area contributed by atoms with E-state index in [1.54, 1.807) is 31.2 Å². The summed E-state index contributed by atoms with van der Waals surface area (Å²) in [6, 6.07) is 15.0. The molecule has 0 bridgehead atoms. The summed E-state index contributed by atoms with van der Waals surface area (Å²) in [6.07, 6.45) is 0.358. The van der Waals surface area contributed by atoms with Gasteiger partial charge in [0.2, 0.25) is 0 Å². The Hall–Kier alpha value is -2.20. The van der Waals surface area contributed by atoms with Gasteiger partial charge in [-0.15, -0.1) is 0 Å². The summed E-state index contributed by atoms with van der Waals surface area (Å²) < 4.78 is 5.59. The van der Waals surface area contributed by atoms with Crippen LogP contribution in [0.2, 0.25) is 5.02 Å². The molecule has 0 fully saturated rings. The Morgan fingerprint density at radius 2 is 1.96 bits per heavy atom. The summed E-state index contributed by atoms with van der Waals surface area (Å²) in [4.78, 5) is 11.8. The monoisotopic (exact) mass is 332 g/mol. The van der Waals surface area contributed by atoms with Crippen molar-refractivity contribution in [1.82, 2.24) is 10.6 Å². The van der Waals surface area contributed by atoms with E-state index in [0.29, 0.717) is 17.3 Å². The Bertz CT molecular complexity index is 644. The fourth-order valence-corrected chi connectivity index (χ4v) is 2.30. The molecule has 0 saturated carbocycles. The first-order chi connectivity index (χ1) is 11.0. The molecule has 0 radical (unpaired) electrons. The minimum absolute atomic E-state index is 0.251. The number of hydrogen-bond acceptors (Lipinski definition) is 2. The van der Waals surface area contributed by atoms with Gasteiger partial charge in [0.25, 0.3) is 0 Å². The predicted octanol–water partition coefficient (Wildman–Crippen LogP) is 3.92. The molecular formula is C18H21ClN2O2. The van der Waals surface area contributed by atoms with Crippen LogP contribution in [-0.4, -0.2) is 18.8 Å². The molecule has 1 unspecified atom stereocenters. The van der Waals surface area contributed by atoms with E-state index in [9.17, 15) is 4.79 Å². The number of benzene rings is 2. The zero-order valence-corrected chi connectivity index (χ0v) is 14.1. The normalized spacial score (nSPS) is 11.6. The maximum absolute atomic E-state index is 11.8. The van der Waals surface area contributed by atoms with Crippen molar-refractivity contribution in [3.05, 3.63) is 64.7 Å². The minimum atomic E-state index is -0.435. The third-order valence-corrected chi connectivity index (χ3v) is 3.49. The number of carbonyl (C=O) groups is 1. The molecule has 4 nitrogen and oxygen atoms in total. The lowest BCUT2D eigenvalue weighted by Crippen LogP contribution is -2.43. The summed E-state index contributed by atoms with van der Waals surface area (Å²) in [6.45, 7) is 4.40. The van der Waals surface area contributed by atoms with Crippen LogP contribution in [-0.2, 0) is 6.42 Å². The number of carbonyl (C=O) groups excluding carboxylic acids is 1. The van der Waals surface area contributed by atoms with Gasteiger partial charge in [-0.05, 0) is 50.1 Å². The van der Waals surface area contributed by atoms with Crippen LogP contribution in [0.25, 0.3) is 0 Å². The van der Waals surface area contributed by atoms with E-state index in [-0.39, 0.29) is 6.03 Å². The molecule has 23 heavy (non-hydrogen) atoms. The smallest absolute Gasteiger partial charge is 0.317 e. The second-order valence-electron chi connectivity index (χ2n) is 5.35. The Balaban J connectivity index is 1.70. The first-order valence-electron chi connectivity index (χ1n) is 7.55. The van der Waals surface area contributed by atoms with Crippen molar-refractivity contribution in [3.8, 4) is 5.75 Å². The SMILES string of the molecule is Cc1cccc(CCNC(=O)NC(C)Oc2ccc(Cl)cc2)c1. The summed E-state index contributed by atoms with van der Waals surface area (Å²) >= 11 is 5.81.